The zero-order valence-electron chi connectivity index (χ0n) is 52.1. The van der Waals surface area contributed by atoms with E-state index >= 15 is 0 Å². The van der Waals surface area contributed by atoms with Crippen LogP contribution >= 0.6 is 7.82 Å². The molecule has 0 radical (unpaired) electrons. The molecule has 10 heteroatoms. The quantitative estimate of drug-likeness (QED) is 0.0212. The smallest absolute Gasteiger partial charge is 0.306 e. The van der Waals surface area contributed by atoms with E-state index in [9.17, 15) is 19.0 Å². The number of hydrogen-bond donors (Lipinski definition) is 1. The summed E-state index contributed by atoms with van der Waals surface area (Å²) in [5.41, 5.74) is 0. The van der Waals surface area contributed by atoms with Crippen LogP contribution in [0.1, 0.15) is 278 Å². The Balaban J connectivity index is 5.18. The number of nitrogens with zero attached hydrogens (tertiary/aromatic N) is 1. The third-order valence-electron chi connectivity index (χ3n) is 14.0. The minimum absolute atomic E-state index is 0.0295. The molecular formula is C69H123N2O7P. The SMILES string of the molecule is CC/C=C\C/C=C\C/C=C\C/C=C\C/C=C\CCCCCCCCCC(=O)NC(COP(=O)([O-])OCC[N+](C)(C)C)C(/C=C\CCCCCCCCCCC)OC(=O)CCCCCCCCCCC/C=C\C/C=C\CCCCC. The predicted octanol–water partition coefficient (Wildman–Crippen LogP) is 19.7. The maximum absolute atomic E-state index is 13.6. The van der Waals surface area contributed by atoms with Crippen molar-refractivity contribution in [2.24, 2.45) is 0 Å². The maximum Gasteiger partial charge on any atom is 0.306 e. The molecule has 0 aromatic carbocycles. The van der Waals surface area contributed by atoms with Crippen LogP contribution in [0.3, 0.4) is 0 Å². The van der Waals surface area contributed by atoms with Gasteiger partial charge in [-0.15, -0.1) is 0 Å². The van der Waals surface area contributed by atoms with Gasteiger partial charge in [-0.05, 0) is 109 Å². The zero-order chi connectivity index (χ0) is 57.9. The van der Waals surface area contributed by atoms with Gasteiger partial charge >= 0.3 is 5.97 Å². The number of amides is 1. The Kier molecular flexibility index (Phi) is 55.9. The largest absolute Gasteiger partial charge is 0.756 e. The van der Waals surface area contributed by atoms with Gasteiger partial charge in [0.15, 0.2) is 0 Å². The maximum atomic E-state index is 13.6. The number of hydrogen-bond acceptors (Lipinski definition) is 7. The summed E-state index contributed by atoms with van der Waals surface area (Å²) in [4.78, 5) is 40.0. The summed E-state index contributed by atoms with van der Waals surface area (Å²) in [7, 11) is 1.17. The van der Waals surface area contributed by atoms with Crippen LogP contribution in [-0.4, -0.2) is 69.4 Å². The molecule has 0 aliphatic rings. The van der Waals surface area contributed by atoms with E-state index in [0.29, 0.717) is 17.4 Å². The molecule has 0 saturated carbocycles. The molecule has 3 atom stereocenters. The van der Waals surface area contributed by atoms with Gasteiger partial charge in [-0.3, -0.25) is 14.2 Å². The first kappa shape index (κ1) is 75.9. The Morgan fingerprint density at radius 1 is 0.456 bits per heavy atom. The lowest BCUT2D eigenvalue weighted by atomic mass is 10.0. The molecule has 0 heterocycles. The van der Waals surface area contributed by atoms with Gasteiger partial charge in [0, 0.05) is 12.8 Å². The molecule has 0 spiro atoms. The van der Waals surface area contributed by atoms with E-state index in [1.54, 1.807) is 0 Å². The minimum atomic E-state index is -4.71. The minimum Gasteiger partial charge on any atom is -0.756 e. The second-order valence-electron chi connectivity index (χ2n) is 22.9. The van der Waals surface area contributed by atoms with Gasteiger partial charge in [0.1, 0.15) is 19.3 Å². The number of allylic oxidation sites excluding steroid dienone is 15. The lowest BCUT2D eigenvalue weighted by Gasteiger charge is -2.30. The number of unbranched alkanes of at least 4 members (excludes halogenated alkanes) is 28. The Labute approximate surface area is 488 Å². The predicted molar refractivity (Wildman–Crippen MR) is 339 cm³/mol. The molecule has 456 valence electrons. The molecule has 0 bridgehead atoms. The zero-order valence-corrected chi connectivity index (χ0v) is 52.9. The van der Waals surface area contributed by atoms with E-state index < -0.39 is 26.6 Å². The van der Waals surface area contributed by atoms with E-state index in [1.165, 1.54) is 122 Å². The van der Waals surface area contributed by atoms with Gasteiger partial charge < -0.3 is 28.5 Å². The summed E-state index contributed by atoms with van der Waals surface area (Å²) in [5, 5.41) is 3.03. The number of nitrogens with one attached hydrogen (secondary N) is 1. The van der Waals surface area contributed by atoms with Crippen molar-refractivity contribution in [2.75, 3.05) is 40.9 Å². The molecule has 3 unspecified atom stereocenters. The fraction of sp³-hybridized carbons (Fsp3) is 0.739. The molecule has 1 N–H and O–H groups in total. The highest BCUT2D eigenvalue weighted by atomic mass is 31.2. The lowest BCUT2D eigenvalue weighted by molar-refractivity contribution is -0.870. The van der Waals surface area contributed by atoms with Crippen LogP contribution in [0.4, 0.5) is 0 Å². The van der Waals surface area contributed by atoms with Gasteiger partial charge in [-0.2, -0.15) is 0 Å². The van der Waals surface area contributed by atoms with E-state index in [4.69, 9.17) is 13.8 Å². The summed E-state index contributed by atoms with van der Waals surface area (Å²) in [6.45, 7) is 6.69. The van der Waals surface area contributed by atoms with Crippen LogP contribution in [0.15, 0.2) is 97.2 Å². The second kappa shape index (κ2) is 58.1. The summed E-state index contributed by atoms with van der Waals surface area (Å²) in [6, 6.07) is -0.902. The Bertz CT molecular complexity index is 1670. The third-order valence-corrected chi connectivity index (χ3v) is 15.0. The summed E-state index contributed by atoms with van der Waals surface area (Å²) in [6.07, 6.45) is 78.0. The number of quaternary nitrogens is 1. The molecule has 0 aliphatic carbocycles. The van der Waals surface area contributed by atoms with Gasteiger partial charge in [0.05, 0.1) is 33.8 Å². The van der Waals surface area contributed by atoms with Crippen LogP contribution in [0.25, 0.3) is 0 Å². The van der Waals surface area contributed by atoms with E-state index in [0.717, 1.165) is 122 Å². The van der Waals surface area contributed by atoms with E-state index in [-0.39, 0.29) is 24.9 Å². The molecule has 0 fully saturated rings. The third kappa shape index (κ3) is 59.4. The monoisotopic (exact) mass is 1120 g/mol. The van der Waals surface area contributed by atoms with Crippen LogP contribution in [-0.2, 0) is 27.9 Å². The van der Waals surface area contributed by atoms with Crippen molar-refractivity contribution in [2.45, 2.75) is 290 Å². The summed E-state index contributed by atoms with van der Waals surface area (Å²) < 4.78 is 30.3. The number of esters is 1. The summed E-state index contributed by atoms with van der Waals surface area (Å²) in [5.74, 6) is -0.560. The Morgan fingerprint density at radius 3 is 1.24 bits per heavy atom. The van der Waals surface area contributed by atoms with Crippen molar-refractivity contribution in [3.63, 3.8) is 0 Å². The Morgan fingerprint density at radius 2 is 0.810 bits per heavy atom. The fourth-order valence-electron chi connectivity index (χ4n) is 8.99. The number of phosphoric ester groups is 1. The Hall–Kier alpha value is -3.07. The normalized spacial score (nSPS) is 14.3. The highest BCUT2D eigenvalue weighted by Gasteiger charge is 2.27. The second-order valence-corrected chi connectivity index (χ2v) is 24.3. The first-order chi connectivity index (χ1) is 38.4. The van der Waals surface area contributed by atoms with Gasteiger partial charge in [-0.25, -0.2) is 0 Å². The molecular weight excluding hydrogens is 1000 g/mol. The average molecular weight is 1120 g/mol. The molecule has 0 aromatic rings. The lowest BCUT2D eigenvalue weighted by Crippen LogP contribution is -2.47. The topological polar surface area (TPSA) is 114 Å². The van der Waals surface area contributed by atoms with Crippen molar-refractivity contribution in [1.29, 1.82) is 0 Å². The number of carbonyl (C=O) groups excluding carboxylic acids is 2. The molecule has 0 saturated heterocycles. The first-order valence-corrected chi connectivity index (χ1v) is 34.0. The fourth-order valence-corrected chi connectivity index (χ4v) is 9.71. The highest BCUT2D eigenvalue weighted by Crippen LogP contribution is 2.38. The molecule has 0 rings (SSSR count). The molecule has 1 amide bonds. The first-order valence-electron chi connectivity index (χ1n) is 32.5. The van der Waals surface area contributed by atoms with Crippen molar-refractivity contribution in [1.82, 2.24) is 5.32 Å². The molecule has 79 heavy (non-hydrogen) atoms. The van der Waals surface area contributed by atoms with Crippen LogP contribution < -0.4 is 10.2 Å². The van der Waals surface area contributed by atoms with Crippen LogP contribution in [0.5, 0.6) is 0 Å². The number of carbonyl (C=O) groups is 2. The van der Waals surface area contributed by atoms with Gasteiger partial charge in [0.2, 0.25) is 5.91 Å². The number of rotatable bonds is 58. The number of phosphoric acid groups is 1. The van der Waals surface area contributed by atoms with E-state index in [2.05, 4.69) is 111 Å². The van der Waals surface area contributed by atoms with E-state index in [1.807, 2.05) is 33.3 Å². The van der Waals surface area contributed by atoms with Crippen molar-refractivity contribution in [3.05, 3.63) is 97.2 Å². The van der Waals surface area contributed by atoms with Crippen LogP contribution in [0, 0.1) is 0 Å². The van der Waals surface area contributed by atoms with Crippen molar-refractivity contribution >= 4 is 19.7 Å². The summed E-state index contributed by atoms with van der Waals surface area (Å²) >= 11 is 0. The van der Waals surface area contributed by atoms with Gasteiger partial charge in [0.25, 0.3) is 7.82 Å². The molecule has 0 aromatic heterocycles. The molecule has 9 nitrogen and oxygen atoms in total. The average Bonchev–Trinajstić information content (AvgIpc) is 3.41. The number of ether oxygens (including phenoxy) is 1. The standard InChI is InChI=1S/C69H123N2O7P/c1-7-10-13-16-19-22-25-27-29-31-33-34-35-36-38-39-41-43-46-49-52-55-58-61-68(72)70-66(65-77-79(74,75)76-64-63-71(4,5)6)67(60-57-54-51-48-45-24-21-18-15-12-9-3)78-69(73)62-59-56-53-50-47-44-42-40-37-32-30-28-26-23-20-17-14-11-8-2/h10,13,19-20,22-23,27-30,33-34,36,38,57,60,66-67H,7-9,11-12,14-18,21,24-26,31-32,35,37,39-56,58-59,61-65H2,1-6H3,(H-,70,72,74,75)/b13-10-,22-19-,23-20-,29-27-,30-28-,34-33-,38-36-,60-57-. The van der Waals surface area contributed by atoms with Crippen molar-refractivity contribution < 1.29 is 37.3 Å². The van der Waals surface area contributed by atoms with Crippen LogP contribution in [0.2, 0.25) is 0 Å². The molecule has 0 aliphatic heterocycles. The number of likely N-dealkylation sites (N-methyl/N-ethyl adjacent to an activating group) is 1. The highest BCUT2D eigenvalue weighted by molar-refractivity contribution is 7.45. The van der Waals surface area contributed by atoms with Gasteiger partial charge in [-0.1, -0.05) is 253 Å². The van der Waals surface area contributed by atoms with Crippen molar-refractivity contribution in [3.8, 4) is 0 Å².